The van der Waals surface area contributed by atoms with Gasteiger partial charge >= 0.3 is 11.9 Å². The average molecular weight is 515 g/mol. The molecule has 0 aliphatic heterocycles. The average Bonchev–Trinajstić information content (AvgIpc) is 2.85. The first-order chi connectivity index (χ1) is 17.1. The number of hydrogen-bond acceptors (Lipinski definition) is 7. The second-order valence-corrected chi connectivity index (χ2v) is 8.23. The van der Waals surface area contributed by atoms with E-state index >= 15 is 0 Å². The summed E-state index contributed by atoms with van der Waals surface area (Å²) >= 11 is 5.87. The molecular weight excluding hydrogens is 492 g/mol. The van der Waals surface area contributed by atoms with Gasteiger partial charge < -0.3 is 31.2 Å². The molecule has 3 rings (SSSR count). The van der Waals surface area contributed by atoms with Crippen LogP contribution in [0.1, 0.15) is 15.9 Å². The molecule has 36 heavy (non-hydrogen) atoms. The highest BCUT2D eigenvalue weighted by Gasteiger charge is 2.26. The Morgan fingerprint density at radius 3 is 2.47 bits per heavy atom. The van der Waals surface area contributed by atoms with Crippen molar-refractivity contribution in [3.05, 3.63) is 81.1 Å². The van der Waals surface area contributed by atoms with E-state index in [2.05, 4.69) is 15.6 Å². The van der Waals surface area contributed by atoms with Gasteiger partial charge in [0.1, 0.15) is 25.2 Å². The maximum atomic E-state index is 13.0. The minimum atomic E-state index is -1.33. The zero-order valence-electron chi connectivity index (χ0n) is 18.8. The number of carboxylic acid groups (broad SMARTS) is 1. The Hall–Kier alpha value is -4.22. The molecule has 0 saturated heterocycles. The molecule has 6 N–H and O–H groups in total. The molecule has 188 valence electrons. The number of rotatable bonds is 10. The summed E-state index contributed by atoms with van der Waals surface area (Å²) in [6.07, 6.45) is -0.0942. The van der Waals surface area contributed by atoms with Gasteiger partial charge in [-0.1, -0.05) is 29.8 Å². The van der Waals surface area contributed by atoms with Crippen molar-refractivity contribution in [1.82, 2.24) is 15.6 Å². The second kappa shape index (κ2) is 12.0. The minimum absolute atomic E-state index is 0.0942. The first-order valence-corrected chi connectivity index (χ1v) is 11.1. The predicted octanol–water partition coefficient (Wildman–Crippen LogP) is 0.594. The number of nitrogens with two attached hydrogens (primary N) is 1. The van der Waals surface area contributed by atoms with E-state index in [0.717, 1.165) is 0 Å². The predicted molar refractivity (Wildman–Crippen MR) is 131 cm³/mol. The van der Waals surface area contributed by atoms with Gasteiger partial charge in [-0.3, -0.25) is 19.2 Å². The number of H-pyrrole nitrogens is 1. The summed E-state index contributed by atoms with van der Waals surface area (Å²) in [5.41, 5.74) is 6.55. The lowest BCUT2D eigenvalue weighted by Gasteiger charge is -2.20. The Kier molecular flexibility index (Phi) is 8.76. The lowest BCUT2D eigenvalue weighted by Crippen LogP contribution is -2.48. The van der Waals surface area contributed by atoms with Crippen LogP contribution < -0.4 is 21.9 Å². The third kappa shape index (κ3) is 7.14. The van der Waals surface area contributed by atoms with Crippen LogP contribution in [-0.2, 0) is 25.5 Å². The molecule has 0 bridgehead atoms. The third-order valence-corrected chi connectivity index (χ3v) is 5.36. The van der Waals surface area contributed by atoms with Crippen molar-refractivity contribution in [2.24, 2.45) is 5.73 Å². The van der Waals surface area contributed by atoms with Crippen LogP contribution in [0.4, 0.5) is 0 Å². The van der Waals surface area contributed by atoms with Gasteiger partial charge in [-0.2, -0.15) is 0 Å². The fourth-order valence-electron chi connectivity index (χ4n) is 3.34. The third-order valence-electron chi connectivity index (χ3n) is 5.11. The van der Waals surface area contributed by atoms with Crippen molar-refractivity contribution < 1.29 is 29.0 Å². The van der Waals surface area contributed by atoms with Gasteiger partial charge in [-0.05, 0) is 35.9 Å². The Morgan fingerprint density at radius 2 is 1.78 bits per heavy atom. The van der Waals surface area contributed by atoms with E-state index in [1.807, 2.05) is 0 Å². The van der Waals surface area contributed by atoms with E-state index in [9.17, 15) is 24.0 Å². The number of para-hydroxylation sites is 1. The van der Waals surface area contributed by atoms with Gasteiger partial charge in [-0.15, -0.1) is 0 Å². The zero-order valence-corrected chi connectivity index (χ0v) is 19.6. The number of aromatic amines is 1. The number of pyridine rings is 1. The summed E-state index contributed by atoms with van der Waals surface area (Å²) in [7, 11) is 0. The minimum Gasteiger partial charge on any atom is -0.480 e. The SMILES string of the molecule is N[C@@H](COC(=O)[C@H](Cc1cc(=O)[nH]c2ccccc12)NC(=O)c1ccc(Cl)cc1)C(=O)NCC(=O)O. The molecule has 0 fully saturated rings. The van der Waals surface area contributed by atoms with Crippen molar-refractivity contribution in [2.75, 3.05) is 13.2 Å². The molecule has 1 aromatic heterocycles. The fourth-order valence-corrected chi connectivity index (χ4v) is 3.47. The van der Waals surface area contributed by atoms with Gasteiger partial charge in [0.25, 0.3) is 5.91 Å². The van der Waals surface area contributed by atoms with Crippen LogP contribution in [0.15, 0.2) is 59.4 Å². The molecule has 0 saturated carbocycles. The van der Waals surface area contributed by atoms with Crippen molar-refractivity contribution in [3.63, 3.8) is 0 Å². The lowest BCUT2D eigenvalue weighted by molar-refractivity contribution is -0.147. The van der Waals surface area contributed by atoms with Crippen molar-refractivity contribution in [2.45, 2.75) is 18.5 Å². The topological polar surface area (TPSA) is 181 Å². The number of aromatic nitrogens is 1. The number of carbonyl (C=O) groups excluding carboxylic acids is 3. The first-order valence-electron chi connectivity index (χ1n) is 10.7. The van der Waals surface area contributed by atoms with E-state index in [0.29, 0.717) is 21.5 Å². The molecule has 2 atom stereocenters. The normalized spacial score (nSPS) is 12.4. The largest absolute Gasteiger partial charge is 0.480 e. The highest BCUT2D eigenvalue weighted by atomic mass is 35.5. The molecule has 0 radical (unpaired) electrons. The Labute approximate surface area is 209 Å². The highest BCUT2D eigenvalue weighted by Crippen LogP contribution is 2.17. The van der Waals surface area contributed by atoms with Gasteiger partial charge in [0.05, 0.1) is 0 Å². The van der Waals surface area contributed by atoms with Gasteiger partial charge in [0.15, 0.2) is 0 Å². The summed E-state index contributed by atoms with van der Waals surface area (Å²) < 4.78 is 5.17. The molecule has 0 aliphatic rings. The second-order valence-electron chi connectivity index (χ2n) is 7.79. The van der Waals surface area contributed by atoms with E-state index in [1.165, 1.54) is 30.3 Å². The number of esters is 1. The molecule has 11 nitrogen and oxygen atoms in total. The van der Waals surface area contributed by atoms with Crippen molar-refractivity contribution in [1.29, 1.82) is 0 Å². The Bertz CT molecular complexity index is 1340. The number of amides is 2. The van der Waals surface area contributed by atoms with Crippen molar-refractivity contribution in [3.8, 4) is 0 Å². The summed E-state index contributed by atoms with van der Waals surface area (Å²) in [6, 6.07) is 11.7. The Balaban J connectivity index is 1.81. The standard InChI is InChI=1S/C24H23ClN4O7/c25-15-7-5-13(6-8-15)22(33)29-19(24(35)36-12-17(26)23(34)27-11-21(31)32)9-14-10-20(30)28-18-4-2-1-3-16(14)18/h1-8,10,17,19H,9,11-12,26H2,(H,27,34)(H,28,30)(H,29,33)(H,31,32)/t17-,19-/m0/s1. The van der Waals surface area contributed by atoms with Crippen LogP contribution in [0.25, 0.3) is 10.9 Å². The van der Waals surface area contributed by atoms with Crippen LogP contribution in [0.3, 0.4) is 0 Å². The zero-order chi connectivity index (χ0) is 26.2. The molecule has 2 amide bonds. The van der Waals surface area contributed by atoms with Crippen LogP contribution in [-0.4, -0.2) is 59.1 Å². The summed E-state index contributed by atoms with van der Waals surface area (Å²) in [5.74, 6) is -3.58. The maximum Gasteiger partial charge on any atom is 0.329 e. The number of fused-ring (bicyclic) bond motifs is 1. The van der Waals surface area contributed by atoms with Crippen LogP contribution >= 0.6 is 11.6 Å². The van der Waals surface area contributed by atoms with Crippen LogP contribution in [0.5, 0.6) is 0 Å². The molecule has 0 aliphatic carbocycles. The fraction of sp³-hybridized carbons (Fsp3) is 0.208. The van der Waals surface area contributed by atoms with Gasteiger partial charge in [0, 0.05) is 34.0 Å². The van der Waals surface area contributed by atoms with E-state index < -0.39 is 54.5 Å². The molecule has 1 heterocycles. The van der Waals surface area contributed by atoms with E-state index in [4.69, 9.17) is 27.2 Å². The summed E-state index contributed by atoms with van der Waals surface area (Å²) in [5, 5.41) is 14.4. The van der Waals surface area contributed by atoms with E-state index in [-0.39, 0.29) is 12.0 Å². The quantitative estimate of drug-likeness (QED) is 0.244. The maximum absolute atomic E-state index is 13.0. The number of benzene rings is 2. The lowest BCUT2D eigenvalue weighted by atomic mass is 10.0. The number of halogens is 1. The number of ether oxygens (including phenoxy) is 1. The number of nitrogens with one attached hydrogen (secondary N) is 3. The number of hydrogen-bond donors (Lipinski definition) is 5. The molecule has 2 aromatic carbocycles. The van der Waals surface area contributed by atoms with Crippen molar-refractivity contribution >= 4 is 46.3 Å². The number of carbonyl (C=O) groups is 4. The summed E-state index contributed by atoms with van der Waals surface area (Å²) in [6.45, 7) is -1.20. The molecule has 0 unspecified atom stereocenters. The van der Waals surface area contributed by atoms with E-state index in [1.54, 1.807) is 24.3 Å². The number of aliphatic carboxylic acids is 1. The Morgan fingerprint density at radius 1 is 1.08 bits per heavy atom. The monoisotopic (exact) mass is 514 g/mol. The first kappa shape index (κ1) is 26.4. The molecule has 12 heteroatoms. The summed E-state index contributed by atoms with van der Waals surface area (Å²) in [4.78, 5) is 63.1. The highest BCUT2D eigenvalue weighted by molar-refractivity contribution is 6.30. The van der Waals surface area contributed by atoms with Gasteiger partial charge in [-0.25, -0.2) is 4.79 Å². The number of carboxylic acids is 1. The molecule has 0 spiro atoms. The van der Waals surface area contributed by atoms with Crippen LogP contribution in [0, 0.1) is 0 Å². The van der Waals surface area contributed by atoms with Crippen LogP contribution in [0.2, 0.25) is 5.02 Å². The van der Waals surface area contributed by atoms with Gasteiger partial charge in [0.2, 0.25) is 11.5 Å². The molecular formula is C24H23ClN4O7. The molecule has 3 aromatic rings. The smallest absolute Gasteiger partial charge is 0.329 e.